The Morgan fingerprint density at radius 2 is 1.69 bits per heavy atom. The van der Waals surface area contributed by atoms with Gasteiger partial charge in [-0.05, 0) is 29.8 Å². The number of amides is 2. The van der Waals surface area contributed by atoms with Crippen LogP contribution in [0, 0.1) is 0 Å². The van der Waals surface area contributed by atoms with Gasteiger partial charge in [-0.3, -0.25) is 9.59 Å². The fourth-order valence-electron chi connectivity index (χ4n) is 2.37. The predicted molar refractivity (Wildman–Crippen MR) is 102 cm³/mol. The van der Waals surface area contributed by atoms with Gasteiger partial charge in [0.05, 0.1) is 24.9 Å². The van der Waals surface area contributed by atoms with Crippen molar-refractivity contribution in [2.24, 2.45) is 0 Å². The molecule has 2 aromatic carbocycles. The van der Waals surface area contributed by atoms with Gasteiger partial charge in [-0.2, -0.15) is 0 Å². The molecule has 1 atom stereocenters. The topological polar surface area (TPSA) is 71.9 Å². The summed E-state index contributed by atoms with van der Waals surface area (Å²) in [4.78, 5) is 24.9. The summed E-state index contributed by atoms with van der Waals surface area (Å²) < 4.78 is 5.10. The summed E-state index contributed by atoms with van der Waals surface area (Å²) in [6, 6.07) is 14.5. The number of rotatable bonds is 8. The number of carbonyl (C=O) groups is 2. The molecular formula is C19H23ClN3O3+. The first kappa shape index (κ1) is 19.8. The monoisotopic (exact) mass is 376 g/mol. The molecule has 0 aromatic heterocycles. The molecule has 138 valence electrons. The number of carbonyl (C=O) groups excluding carboxylic acids is 2. The van der Waals surface area contributed by atoms with Crippen LogP contribution in [0.1, 0.15) is 5.56 Å². The van der Waals surface area contributed by atoms with Crippen LogP contribution in [0.5, 0.6) is 5.75 Å². The average molecular weight is 377 g/mol. The molecule has 0 heterocycles. The molecule has 0 saturated carbocycles. The molecule has 2 aromatic rings. The molecule has 1 unspecified atom stereocenters. The van der Waals surface area contributed by atoms with Crippen LogP contribution in [0.25, 0.3) is 0 Å². The fraction of sp³-hybridized carbons (Fsp3) is 0.263. The molecule has 2 rings (SSSR count). The molecule has 0 aliphatic heterocycles. The van der Waals surface area contributed by atoms with Crippen molar-refractivity contribution in [3.05, 3.63) is 59.1 Å². The van der Waals surface area contributed by atoms with E-state index in [-0.39, 0.29) is 24.9 Å². The van der Waals surface area contributed by atoms with E-state index < -0.39 is 0 Å². The van der Waals surface area contributed by atoms with Gasteiger partial charge < -0.3 is 20.3 Å². The second kappa shape index (κ2) is 9.79. The number of halogens is 1. The lowest BCUT2D eigenvalue weighted by atomic mass is 10.2. The highest BCUT2D eigenvalue weighted by Crippen LogP contribution is 2.19. The van der Waals surface area contributed by atoms with Crippen molar-refractivity contribution in [2.45, 2.75) is 6.54 Å². The van der Waals surface area contributed by atoms with Gasteiger partial charge in [0, 0.05) is 6.54 Å². The lowest BCUT2D eigenvalue weighted by molar-refractivity contribution is -0.862. The molecule has 6 nitrogen and oxygen atoms in total. The highest BCUT2D eigenvalue weighted by molar-refractivity contribution is 6.33. The first-order valence-electron chi connectivity index (χ1n) is 8.23. The summed E-state index contributed by atoms with van der Waals surface area (Å²) in [5, 5.41) is 6.08. The molecule has 0 radical (unpaired) electrons. The molecule has 0 fully saturated rings. The minimum Gasteiger partial charge on any atom is -0.497 e. The smallest absolute Gasteiger partial charge is 0.279 e. The van der Waals surface area contributed by atoms with Crippen LogP contribution in [0.15, 0.2) is 48.5 Å². The summed E-state index contributed by atoms with van der Waals surface area (Å²) in [7, 11) is 3.40. The van der Waals surface area contributed by atoms with E-state index >= 15 is 0 Å². The van der Waals surface area contributed by atoms with E-state index in [1.807, 2.05) is 24.3 Å². The molecule has 3 N–H and O–H groups in total. The summed E-state index contributed by atoms with van der Waals surface area (Å²) in [6.07, 6.45) is 0. The van der Waals surface area contributed by atoms with Gasteiger partial charge in [-0.25, -0.2) is 0 Å². The zero-order valence-electron chi connectivity index (χ0n) is 14.8. The van der Waals surface area contributed by atoms with Crippen molar-refractivity contribution in [3.8, 4) is 5.75 Å². The Kier molecular flexibility index (Phi) is 7.44. The van der Waals surface area contributed by atoms with Crippen molar-refractivity contribution < 1.29 is 19.2 Å². The van der Waals surface area contributed by atoms with Crippen LogP contribution >= 0.6 is 11.6 Å². The van der Waals surface area contributed by atoms with E-state index in [4.69, 9.17) is 16.3 Å². The minimum absolute atomic E-state index is 0.121. The largest absolute Gasteiger partial charge is 0.497 e. The third-order valence-corrected chi connectivity index (χ3v) is 4.05. The van der Waals surface area contributed by atoms with Gasteiger partial charge in [0.15, 0.2) is 13.1 Å². The second-order valence-corrected chi connectivity index (χ2v) is 6.37. The molecule has 0 spiro atoms. The van der Waals surface area contributed by atoms with Gasteiger partial charge >= 0.3 is 0 Å². The zero-order valence-corrected chi connectivity index (χ0v) is 15.6. The summed E-state index contributed by atoms with van der Waals surface area (Å²) >= 11 is 6.01. The first-order valence-corrected chi connectivity index (χ1v) is 8.61. The second-order valence-electron chi connectivity index (χ2n) is 5.96. The van der Waals surface area contributed by atoms with Gasteiger partial charge in [0.1, 0.15) is 5.75 Å². The maximum absolute atomic E-state index is 12.1. The van der Waals surface area contributed by atoms with E-state index in [9.17, 15) is 9.59 Å². The normalized spacial score (nSPS) is 11.5. The predicted octanol–water partition coefficient (Wildman–Crippen LogP) is 1.12. The number of anilines is 1. The molecular weight excluding hydrogens is 354 g/mol. The lowest BCUT2D eigenvalue weighted by Crippen LogP contribution is -3.11. The number of quaternary nitrogens is 1. The SMILES string of the molecule is COc1ccc(CNC(=O)C[NH+](C)CC(=O)Nc2ccccc2Cl)cc1. The van der Waals surface area contributed by atoms with E-state index in [1.165, 1.54) is 0 Å². The Morgan fingerprint density at radius 1 is 1.04 bits per heavy atom. The standard InChI is InChI=1S/C19H22ClN3O3/c1-23(13-19(25)22-17-6-4-3-5-16(17)20)12-18(24)21-11-14-7-9-15(26-2)10-8-14/h3-10H,11-13H2,1-2H3,(H,21,24)(H,22,25)/p+1. The number of hydrogen-bond acceptors (Lipinski definition) is 3. The maximum atomic E-state index is 12.1. The number of benzene rings is 2. The quantitative estimate of drug-likeness (QED) is 0.646. The molecule has 7 heteroatoms. The number of para-hydroxylation sites is 1. The van der Waals surface area contributed by atoms with Crippen LogP contribution in [-0.2, 0) is 16.1 Å². The molecule has 0 aliphatic carbocycles. The van der Waals surface area contributed by atoms with Gasteiger partial charge in [-0.1, -0.05) is 35.9 Å². The van der Waals surface area contributed by atoms with Crippen LogP contribution in [0.3, 0.4) is 0 Å². The molecule has 26 heavy (non-hydrogen) atoms. The number of methoxy groups -OCH3 is 1. The van der Waals surface area contributed by atoms with Crippen molar-refractivity contribution in [1.82, 2.24) is 5.32 Å². The third-order valence-electron chi connectivity index (χ3n) is 3.72. The Bertz CT molecular complexity index is 750. The third kappa shape index (κ3) is 6.38. The molecule has 2 amide bonds. The van der Waals surface area contributed by atoms with Crippen molar-refractivity contribution >= 4 is 29.1 Å². The van der Waals surface area contributed by atoms with E-state index in [2.05, 4.69) is 10.6 Å². The molecule has 0 saturated heterocycles. The van der Waals surface area contributed by atoms with Crippen molar-refractivity contribution in [2.75, 3.05) is 32.6 Å². The minimum atomic E-state index is -0.196. The number of nitrogens with one attached hydrogen (secondary N) is 3. The highest BCUT2D eigenvalue weighted by Gasteiger charge is 2.15. The van der Waals surface area contributed by atoms with Crippen molar-refractivity contribution in [1.29, 1.82) is 0 Å². The van der Waals surface area contributed by atoms with Crippen LogP contribution in [0.4, 0.5) is 5.69 Å². The summed E-state index contributed by atoms with van der Waals surface area (Å²) in [5.74, 6) is 0.455. The van der Waals surface area contributed by atoms with Crippen LogP contribution in [0.2, 0.25) is 5.02 Å². The first-order chi connectivity index (χ1) is 12.5. The fourth-order valence-corrected chi connectivity index (χ4v) is 2.56. The zero-order chi connectivity index (χ0) is 18.9. The van der Waals surface area contributed by atoms with Gasteiger partial charge in [-0.15, -0.1) is 0 Å². The van der Waals surface area contributed by atoms with Crippen molar-refractivity contribution in [3.63, 3.8) is 0 Å². The molecule has 0 bridgehead atoms. The Balaban J connectivity index is 1.74. The highest BCUT2D eigenvalue weighted by atomic mass is 35.5. The van der Waals surface area contributed by atoms with Crippen LogP contribution in [-0.4, -0.2) is 39.1 Å². The van der Waals surface area contributed by atoms with E-state index in [0.717, 1.165) is 16.2 Å². The van der Waals surface area contributed by atoms with Crippen LogP contribution < -0.4 is 20.3 Å². The number of hydrogen-bond donors (Lipinski definition) is 3. The Hall–Kier alpha value is -2.57. The molecule has 0 aliphatic rings. The van der Waals surface area contributed by atoms with E-state index in [1.54, 1.807) is 38.4 Å². The summed E-state index contributed by atoms with van der Waals surface area (Å²) in [6.45, 7) is 0.801. The number of likely N-dealkylation sites (N-methyl/N-ethyl adjacent to an activating group) is 1. The Morgan fingerprint density at radius 3 is 2.35 bits per heavy atom. The summed E-state index contributed by atoms with van der Waals surface area (Å²) in [5.41, 5.74) is 1.55. The Labute approximate surface area is 158 Å². The lowest BCUT2D eigenvalue weighted by Gasteiger charge is -2.14. The van der Waals surface area contributed by atoms with E-state index in [0.29, 0.717) is 17.3 Å². The maximum Gasteiger partial charge on any atom is 0.279 e. The number of ether oxygens (including phenoxy) is 1. The van der Waals surface area contributed by atoms with Gasteiger partial charge in [0.2, 0.25) is 0 Å². The van der Waals surface area contributed by atoms with Gasteiger partial charge in [0.25, 0.3) is 11.8 Å². The average Bonchev–Trinajstić information content (AvgIpc) is 2.62.